The number of hydrogen-bond acceptors (Lipinski definition) is 3. The first-order valence-corrected chi connectivity index (χ1v) is 8.28. The third kappa shape index (κ3) is 3.42. The number of methoxy groups -OCH3 is 1. The average molecular weight is 310 g/mol. The zero-order chi connectivity index (χ0) is 14.7. The standard InChI is InChI=1S/C17H24ClNO2/c1-20-10-15(12-6-2-4-8-14(12)18)19-16-11-21-17-9-5-3-7-13(16)17/h2,4,6,8,13,15-17,19H,3,5,7,9-11H2,1H3. The predicted molar refractivity (Wildman–Crippen MR) is 84.7 cm³/mol. The quantitative estimate of drug-likeness (QED) is 0.902. The molecule has 4 atom stereocenters. The highest BCUT2D eigenvalue weighted by Gasteiger charge is 2.39. The molecule has 0 bridgehead atoms. The minimum absolute atomic E-state index is 0.123. The highest BCUT2D eigenvalue weighted by Crippen LogP contribution is 2.35. The predicted octanol–water partition coefficient (Wildman–Crippen LogP) is 3.57. The van der Waals surface area contributed by atoms with E-state index >= 15 is 0 Å². The van der Waals surface area contributed by atoms with E-state index in [1.54, 1.807) is 7.11 Å². The van der Waals surface area contributed by atoms with Gasteiger partial charge in [0, 0.05) is 24.1 Å². The molecule has 2 fully saturated rings. The Morgan fingerprint density at radius 3 is 2.95 bits per heavy atom. The summed E-state index contributed by atoms with van der Waals surface area (Å²) in [5.74, 6) is 0.639. The number of fused-ring (bicyclic) bond motifs is 1. The lowest BCUT2D eigenvalue weighted by Gasteiger charge is -2.30. The number of ether oxygens (including phenoxy) is 2. The van der Waals surface area contributed by atoms with Gasteiger partial charge in [-0.05, 0) is 24.5 Å². The summed E-state index contributed by atoms with van der Waals surface area (Å²) in [6.45, 7) is 1.43. The normalized spacial score (nSPS) is 30.1. The lowest BCUT2D eigenvalue weighted by Crippen LogP contribution is -2.42. The molecule has 2 aliphatic rings. The van der Waals surface area contributed by atoms with Crippen LogP contribution in [-0.4, -0.2) is 32.5 Å². The third-order valence-corrected chi connectivity index (χ3v) is 5.13. The fourth-order valence-corrected chi connectivity index (χ4v) is 3.99. The van der Waals surface area contributed by atoms with Gasteiger partial charge in [0.1, 0.15) is 0 Å². The summed E-state index contributed by atoms with van der Waals surface area (Å²) in [5.41, 5.74) is 1.11. The van der Waals surface area contributed by atoms with Crippen LogP contribution in [0, 0.1) is 5.92 Å². The Kier molecular flexibility index (Phi) is 5.17. The number of nitrogens with one attached hydrogen (secondary N) is 1. The van der Waals surface area contributed by atoms with Gasteiger partial charge in [0.05, 0.1) is 25.4 Å². The van der Waals surface area contributed by atoms with Crippen molar-refractivity contribution < 1.29 is 9.47 Å². The van der Waals surface area contributed by atoms with Crippen molar-refractivity contribution in [3.8, 4) is 0 Å². The second kappa shape index (κ2) is 7.10. The molecule has 1 saturated heterocycles. The van der Waals surface area contributed by atoms with Crippen LogP contribution < -0.4 is 5.32 Å². The Morgan fingerprint density at radius 1 is 1.33 bits per heavy atom. The van der Waals surface area contributed by atoms with Crippen LogP contribution >= 0.6 is 11.6 Å². The summed E-state index contributed by atoms with van der Waals surface area (Å²) in [6, 6.07) is 8.54. The summed E-state index contributed by atoms with van der Waals surface area (Å²) in [6.07, 6.45) is 5.56. The second-order valence-corrected chi connectivity index (χ2v) is 6.53. The molecule has 1 aromatic carbocycles. The first-order valence-electron chi connectivity index (χ1n) is 7.90. The van der Waals surface area contributed by atoms with Gasteiger partial charge in [-0.15, -0.1) is 0 Å². The molecule has 0 spiro atoms. The van der Waals surface area contributed by atoms with Gasteiger partial charge in [-0.1, -0.05) is 42.6 Å². The van der Waals surface area contributed by atoms with Crippen molar-refractivity contribution in [3.05, 3.63) is 34.9 Å². The van der Waals surface area contributed by atoms with E-state index < -0.39 is 0 Å². The van der Waals surface area contributed by atoms with Crippen LogP contribution in [-0.2, 0) is 9.47 Å². The summed E-state index contributed by atoms with van der Waals surface area (Å²) >= 11 is 6.35. The SMILES string of the molecule is COCC(NC1COC2CCCCC12)c1ccccc1Cl. The summed E-state index contributed by atoms with van der Waals surface area (Å²) < 4.78 is 11.4. The lowest BCUT2D eigenvalue weighted by molar-refractivity contribution is 0.0663. The molecule has 1 saturated carbocycles. The van der Waals surface area contributed by atoms with Crippen LogP contribution in [0.2, 0.25) is 5.02 Å². The molecule has 4 heteroatoms. The highest BCUT2D eigenvalue weighted by molar-refractivity contribution is 6.31. The zero-order valence-corrected chi connectivity index (χ0v) is 13.3. The highest BCUT2D eigenvalue weighted by atomic mass is 35.5. The van der Waals surface area contributed by atoms with E-state index in [0.29, 0.717) is 24.7 Å². The Bertz CT molecular complexity index is 468. The van der Waals surface area contributed by atoms with E-state index in [1.165, 1.54) is 25.7 Å². The maximum Gasteiger partial charge on any atom is 0.0658 e. The molecule has 3 nitrogen and oxygen atoms in total. The smallest absolute Gasteiger partial charge is 0.0658 e. The van der Waals surface area contributed by atoms with Gasteiger partial charge >= 0.3 is 0 Å². The fourth-order valence-electron chi connectivity index (χ4n) is 3.73. The lowest BCUT2D eigenvalue weighted by atomic mass is 9.83. The van der Waals surface area contributed by atoms with Crippen molar-refractivity contribution in [2.75, 3.05) is 20.3 Å². The number of rotatable bonds is 5. The van der Waals surface area contributed by atoms with Crippen molar-refractivity contribution in [1.82, 2.24) is 5.32 Å². The van der Waals surface area contributed by atoms with E-state index in [-0.39, 0.29) is 6.04 Å². The number of halogens is 1. The second-order valence-electron chi connectivity index (χ2n) is 6.12. The van der Waals surface area contributed by atoms with E-state index in [1.807, 2.05) is 18.2 Å². The molecular weight excluding hydrogens is 286 g/mol. The van der Waals surface area contributed by atoms with Crippen LogP contribution in [0.3, 0.4) is 0 Å². The fraction of sp³-hybridized carbons (Fsp3) is 0.647. The summed E-state index contributed by atoms with van der Waals surface area (Å²) in [7, 11) is 1.74. The van der Waals surface area contributed by atoms with Crippen molar-refractivity contribution in [1.29, 1.82) is 0 Å². The van der Waals surface area contributed by atoms with Gasteiger partial charge in [-0.3, -0.25) is 0 Å². The van der Waals surface area contributed by atoms with Crippen LogP contribution in [0.25, 0.3) is 0 Å². The van der Waals surface area contributed by atoms with Crippen LogP contribution in [0.15, 0.2) is 24.3 Å². The molecular formula is C17H24ClNO2. The Balaban J connectivity index is 1.72. The monoisotopic (exact) mass is 309 g/mol. The zero-order valence-electron chi connectivity index (χ0n) is 12.6. The van der Waals surface area contributed by atoms with Gasteiger partial charge < -0.3 is 14.8 Å². The molecule has 1 N–H and O–H groups in total. The van der Waals surface area contributed by atoms with Gasteiger partial charge in [0.2, 0.25) is 0 Å². The van der Waals surface area contributed by atoms with E-state index in [9.17, 15) is 0 Å². The maximum atomic E-state index is 6.35. The van der Waals surface area contributed by atoms with Crippen molar-refractivity contribution in [2.45, 2.75) is 43.9 Å². The first-order chi connectivity index (χ1) is 10.3. The van der Waals surface area contributed by atoms with Crippen LogP contribution in [0.1, 0.15) is 37.3 Å². The van der Waals surface area contributed by atoms with Crippen LogP contribution in [0.4, 0.5) is 0 Å². The van der Waals surface area contributed by atoms with E-state index in [0.717, 1.165) is 17.2 Å². The minimum atomic E-state index is 0.123. The Hall–Kier alpha value is -0.610. The van der Waals surface area contributed by atoms with Crippen molar-refractivity contribution >= 4 is 11.6 Å². The average Bonchev–Trinajstić information content (AvgIpc) is 2.91. The molecule has 1 heterocycles. The molecule has 1 aliphatic carbocycles. The van der Waals surface area contributed by atoms with Gasteiger partial charge in [0.15, 0.2) is 0 Å². The molecule has 116 valence electrons. The largest absolute Gasteiger partial charge is 0.383 e. The molecule has 0 aromatic heterocycles. The summed E-state index contributed by atoms with van der Waals surface area (Å²) in [4.78, 5) is 0. The van der Waals surface area contributed by atoms with Crippen molar-refractivity contribution in [2.24, 2.45) is 5.92 Å². The third-order valence-electron chi connectivity index (χ3n) is 4.79. The molecule has 1 aromatic rings. The molecule has 0 radical (unpaired) electrons. The molecule has 21 heavy (non-hydrogen) atoms. The maximum absolute atomic E-state index is 6.35. The Labute approximate surface area is 132 Å². The van der Waals surface area contributed by atoms with Crippen molar-refractivity contribution in [3.63, 3.8) is 0 Å². The van der Waals surface area contributed by atoms with Gasteiger partial charge in [0.25, 0.3) is 0 Å². The number of benzene rings is 1. The topological polar surface area (TPSA) is 30.5 Å². The molecule has 3 rings (SSSR count). The minimum Gasteiger partial charge on any atom is -0.383 e. The first kappa shape index (κ1) is 15.3. The van der Waals surface area contributed by atoms with E-state index in [2.05, 4.69) is 11.4 Å². The Morgan fingerprint density at radius 2 is 2.14 bits per heavy atom. The number of hydrogen-bond donors (Lipinski definition) is 1. The molecule has 4 unspecified atom stereocenters. The summed E-state index contributed by atoms with van der Waals surface area (Å²) in [5, 5.41) is 4.54. The molecule has 1 aliphatic heterocycles. The van der Waals surface area contributed by atoms with E-state index in [4.69, 9.17) is 21.1 Å². The van der Waals surface area contributed by atoms with Crippen LogP contribution in [0.5, 0.6) is 0 Å². The van der Waals surface area contributed by atoms with Gasteiger partial charge in [-0.25, -0.2) is 0 Å². The van der Waals surface area contributed by atoms with Gasteiger partial charge in [-0.2, -0.15) is 0 Å². The molecule has 0 amide bonds.